The minimum atomic E-state index is -0.182. The van der Waals surface area contributed by atoms with Crippen LogP contribution in [0.4, 0.5) is 0 Å². The second kappa shape index (κ2) is 6.21. The summed E-state index contributed by atoms with van der Waals surface area (Å²) < 4.78 is 15.1. The Labute approximate surface area is 110 Å². The fraction of sp³-hybridized carbons (Fsp3) is 0.455. The zero-order valence-electron chi connectivity index (χ0n) is 10.7. The average Bonchev–Trinajstić information content (AvgIpc) is 2.87. The van der Waals surface area contributed by atoms with Gasteiger partial charge in [0.05, 0.1) is 13.7 Å². The van der Waals surface area contributed by atoms with Crippen molar-refractivity contribution >= 4 is 0 Å². The second-order valence-electron chi connectivity index (χ2n) is 3.88. The molecule has 0 aromatic carbocycles. The van der Waals surface area contributed by atoms with Crippen LogP contribution in [0.5, 0.6) is 5.88 Å². The lowest BCUT2D eigenvalue weighted by Gasteiger charge is -2.05. The molecular formula is C11H15N5O3. The molecule has 0 radical (unpaired) electrons. The molecule has 0 aliphatic rings. The maximum absolute atomic E-state index is 5.81. The van der Waals surface area contributed by atoms with Crippen molar-refractivity contribution in [2.75, 3.05) is 20.8 Å². The first-order valence-corrected chi connectivity index (χ1v) is 5.66. The SMILES string of the molecule is COCC(N)Cc1nc(-c2cc(OC)ncn2)no1. The number of nitrogens with zero attached hydrogens (tertiary/aromatic N) is 4. The normalized spacial score (nSPS) is 12.4. The average molecular weight is 265 g/mol. The molecule has 2 aromatic heterocycles. The highest BCUT2D eigenvalue weighted by Crippen LogP contribution is 2.16. The Morgan fingerprint density at radius 1 is 1.37 bits per heavy atom. The summed E-state index contributed by atoms with van der Waals surface area (Å²) in [5, 5.41) is 3.85. The smallest absolute Gasteiger partial charge is 0.228 e. The largest absolute Gasteiger partial charge is 0.481 e. The first-order chi connectivity index (χ1) is 9.22. The molecule has 8 heteroatoms. The van der Waals surface area contributed by atoms with Crippen molar-refractivity contribution in [1.29, 1.82) is 0 Å². The lowest BCUT2D eigenvalue weighted by atomic mass is 10.2. The van der Waals surface area contributed by atoms with Crippen LogP contribution in [-0.4, -0.2) is 47.0 Å². The number of ether oxygens (including phenoxy) is 2. The standard InChI is InChI=1S/C11H15N5O3/c1-17-5-7(12)3-10-15-11(16-19-10)8-4-9(18-2)14-6-13-8/h4,6-7H,3,5,12H2,1-2H3. The number of hydrogen-bond donors (Lipinski definition) is 1. The summed E-state index contributed by atoms with van der Waals surface area (Å²) in [6.45, 7) is 0.430. The Hall–Kier alpha value is -2.06. The third kappa shape index (κ3) is 3.46. The molecule has 2 N–H and O–H groups in total. The van der Waals surface area contributed by atoms with E-state index in [1.165, 1.54) is 13.4 Å². The zero-order chi connectivity index (χ0) is 13.7. The summed E-state index contributed by atoms with van der Waals surface area (Å²) in [4.78, 5) is 12.2. The molecule has 0 aliphatic heterocycles. The van der Waals surface area contributed by atoms with Gasteiger partial charge in [-0.15, -0.1) is 0 Å². The van der Waals surface area contributed by atoms with Crippen molar-refractivity contribution in [3.8, 4) is 17.4 Å². The van der Waals surface area contributed by atoms with Gasteiger partial charge in [-0.05, 0) is 0 Å². The van der Waals surface area contributed by atoms with Crippen LogP contribution in [0.15, 0.2) is 16.9 Å². The minimum absolute atomic E-state index is 0.182. The number of rotatable bonds is 6. The van der Waals surface area contributed by atoms with Crippen LogP contribution in [0.25, 0.3) is 11.5 Å². The van der Waals surface area contributed by atoms with Crippen molar-refractivity contribution in [3.05, 3.63) is 18.3 Å². The Kier molecular flexibility index (Phi) is 4.37. The summed E-state index contributed by atoms with van der Waals surface area (Å²) in [6.07, 6.45) is 1.82. The van der Waals surface area contributed by atoms with E-state index in [1.807, 2.05) is 0 Å². The summed E-state index contributed by atoms with van der Waals surface area (Å²) >= 11 is 0. The fourth-order valence-electron chi connectivity index (χ4n) is 1.51. The van der Waals surface area contributed by atoms with Crippen LogP contribution in [0.3, 0.4) is 0 Å². The molecule has 19 heavy (non-hydrogen) atoms. The molecule has 102 valence electrons. The molecule has 8 nitrogen and oxygen atoms in total. The second-order valence-corrected chi connectivity index (χ2v) is 3.88. The summed E-state index contributed by atoms with van der Waals surface area (Å²) in [7, 11) is 3.11. The van der Waals surface area contributed by atoms with Crippen molar-refractivity contribution in [2.24, 2.45) is 5.73 Å². The molecule has 1 atom stereocenters. The molecule has 0 saturated heterocycles. The topological polar surface area (TPSA) is 109 Å². The van der Waals surface area contributed by atoms with Gasteiger partial charge >= 0.3 is 0 Å². The molecule has 0 aliphatic carbocycles. The fourth-order valence-corrected chi connectivity index (χ4v) is 1.51. The van der Waals surface area contributed by atoms with E-state index in [2.05, 4.69) is 20.1 Å². The van der Waals surface area contributed by atoms with Crippen LogP contribution in [0, 0.1) is 0 Å². The summed E-state index contributed by atoms with van der Waals surface area (Å²) in [5.74, 6) is 1.25. The molecule has 0 saturated carbocycles. The van der Waals surface area contributed by atoms with Gasteiger partial charge in [0.1, 0.15) is 12.0 Å². The summed E-state index contributed by atoms with van der Waals surface area (Å²) in [6, 6.07) is 1.45. The number of nitrogens with two attached hydrogens (primary N) is 1. The van der Waals surface area contributed by atoms with E-state index < -0.39 is 0 Å². The minimum Gasteiger partial charge on any atom is -0.481 e. The van der Waals surface area contributed by atoms with Gasteiger partial charge in [-0.25, -0.2) is 9.97 Å². The van der Waals surface area contributed by atoms with Crippen molar-refractivity contribution in [2.45, 2.75) is 12.5 Å². The predicted molar refractivity (Wildman–Crippen MR) is 65.4 cm³/mol. The van der Waals surface area contributed by atoms with Crippen LogP contribution in [-0.2, 0) is 11.2 Å². The number of hydrogen-bond acceptors (Lipinski definition) is 8. The lowest BCUT2D eigenvalue weighted by Crippen LogP contribution is -2.28. The first kappa shape index (κ1) is 13.4. The van der Waals surface area contributed by atoms with Gasteiger partial charge in [-0.3, -0.25) is 0 Å². The van der Waals surface area contributed by atoms with Crippen molar-refractivity contribution in [1.82, 2.24) is 20.1 Å². The Balaban J connectivity index is 2.11. The first-order valence-electron chi connectivity index (χ1n) is 5.66. The molecule has 2 rings (SSSR count). The van der Waals surface area contributed by atoms with Crippen LogP contribution in [0.2, 0.25) is 0 Å². The highest BCUT2D eigenvalue weighted by Gasteiger charge is 2.13. The monoisotopic (exact) mass is 265 g/mol. The van der Waals surface area contributed by atoms with Gasteiger partial charge in [0.2, 0.25) is 17.6 Å². The Bertz CT molecular complexity index is 531. The lowest BCUT2D eigenvalue weighted by molar-refractivity contribution is 0.176. The molecule has 1 unspecified atom stereocenters. The summed E-state index contributed by atoms with van der Waals surface area (Å²) in [5.41, 5.74) is 6.34. The zero-order valence-corrected chi connectivity index (χ0v) is 10.7. The maximum Gasteiger partial charge on any atom is 0.228 e. The van der Waals surface area contributed by atoms with E-state index in [0.29, 0.717) is 36.3 Å². The predicted octanol–water partition coefficient (Wildman–Crippen LogP) is 0.0514. The Morgan fingerprint density at radius 3 is 2.95 bits per heavy atom. The molecule has 0 bridgehead atoms. The molecule has 0 spiro atoms. The van der Waals surface area contributed by atoms with E-state index >= 15 is 0 Å². The van der Waals surface area contributed by atoms with Crippen LogP contribution in [0.1, 0.15) is 5.89 Å². The van der Waals surface area contributed by atoms with E-state index in [0.717, 1.165) is 0 Å². The molecule has 2 aromatic rings. The van der Waals surface area contributed by atoms with Gasteiger partial charge in [0, 0.05) is 25.6 Å². The third-order valence-corrected chi connectivity index (χ3v) is 2.37. The maximum atomic E-state index is 5.81. The quantitative estimate of drug-likeness (QED) is 0.780. The number of aromatic nitrogens is 4. The van der Waals surface area contributed by atoms with Gasteiger partial charge in [-0.2, -0.15) is 4.98 Å². The van der Waals surface area contributed by atoms with Crippen molar-refractivity contribution < 1.29 is 14.0 Å². The van der Waals surface area contributed by atoms with E-state index in [9.17, 15) is 0 Å². The Morgan fingerprint density at radius 2 is 2.21 bits per heavy atom. The van der Waals surface area contributed by atoms with Gasteiger partial charge < -0.3 is 19.7 Å². The molecule has 0 amide bonds. The van der Waals surface area contributed by atoms with Gasteiger partial charge in [0.25, 0.3) is 0 Å². The van der Waals surface area contributed by atoms with E-state index in [1.54, 1.807) is 13.2 Å². The highest BCUT2D eigenvalue weighted by molar-refractivity contribution is 5.49. The van der Waals surface area contributed by atoms with E-state index in [-0.39, 0.29) is 6.04 Å². The highest BCUT2D eigenvalue weighted by atomic mass is 16.5. The molecule has 0 fully saturated rings. The van der Waals surface area contributed by atoms with Crippen LogP contribution >= 0.6 is 0 Å². The third-order valence-electron chi connectivity index (χ3n) is 2.37. The molecular weight excluding hydrogens is 250 g/mol. The number of methoxy groups -OCH3 is 2. The van der Waals surface area contributed by atoms with E-state index in [4.69, 9.17) is 19.7 Å². The van der Waals surface area contributed by atoms with Gasteiger partial charge in [0.15, 0.2) is 0 Å². The van der Waals surface area contributed by atoms with Gasteiger partial charge in [-0.1, -0.05) is 5.16 Å². The molecule has 2 heterocycles. The van der Waals surface area contributed by atoms with Crippen molar-refractivity contribution in [3.63, 3.8) is 0 Å². The van der Waals surface area contributed by atoms with Crippen LogP contribution < -0.4 is 10.5 Å².